The van der Waals surface area contributed by atoms with E-state index in [-0.39, 0.29) is 11.9 Å². The molecule has 2 nitrogen and oxygen atoms in total. The Morgan fingerprint density at radius 3 is 2.27 bits per heavy atom. The van der Waals surface area contributed by atoms with Crippen LogP contribution in [0.25, 0.3) is 0 Å². The molecule has 0 bridgehead atoms. The van der Waals surface area contributed by atoms with Gasteiger partial charge in [-0.05, 0) is 20.3 Å². The first kappa shape index (κ1) is 10.8. The lowest BCUT2D eigenvalue weighted by atomic mass is 10.2. The van der Waals surface area contributed by atoms with Crippen molar-refractivity contribution in [2.75, 3.05) is 7.05 Å². The normalized spacial score (nSPS) is 15.7. The van der Waals surface area contributed by atoms with Crippen LogP contribution in [0.5, 0.6) is 0 Å². The van der Waals surface area contributed by atoms with E-state index in [2.05, 4.69) is 0 Å². The molecule has 0 N–H and O–H groups in total. The van der Waals surface area contributed by atoms with Gasteiger partial charge in [0, 0.05) is 13.1 Å². The van der Waals surface area contributed by atoms with Gasteiger partial charge in [0.1, 0.15) is 5.38 Å². The van der Waals surface area contributed by atoms with E-state index in [0.717, 1.165) is 6.42 Å². The summed E-state index contributed by atoms with van der Waals surface area (Å²) in [6.45, 7) is 5.76. The summed E-state index contributed by atoms with van der Waals surface area (Å²) in [6, 6.07) is 0.281. The van der Waals surface area contributed by atoms with Crippen LogP contribution in [0.4, 0.5) is 0 Å². The number of carbonyl (C=O) groups excluding carboxylic acids is 1. The zero-order valence-corrected chi connectivity index (χ0v) is 8.35. The van der Waals surface area contributed by atoms with E-state index in [4.69, 9.17) is 11.6 Å². The predicted octanol–water partition coefficient (Wildman–Crippen LogP) is 1.87. The molecule has 1 amide bonds. The van der Waals surface area contributed by atoms with Crippen LogP contribution in [0.2, 0.25) is 0 Å². The summed E-state index contributed by atoms with van der Waals surface area (Å²) in [5.41, 5.74) is 0. The maximum atomic E-state index is 11.2. The summed E-state index contributed by atoms with van der Waals surface area (Å²) in [4.78, 5) is 12.9. The third-order valence-corrected chi connectivity index (χ3v) is 2.13. The molecule has 0 saturated heterocycles. The number of halogens is 1. The molecular formula is C8H16ClNO. The SMILES string of the molecule is CCC(C)N(C)C(=O)C(C)Cl. The Kier molecular flexibility index (Phi) is 4.50. The lowest BCUT2D eigenvalue weighted by Crippen LogP contribution is -2.38. The molecular weight excluding hydrogens is 162 g/mol. The van der Waals surface area contributed by atoms with Crippen LogP contribution < -0.4 is 0 Å². The molecule has 0 aliphatic carbocycles. The van der Waals surface area contributed by atoms with Crippen molar-refractivity contribution in [1.29, 1.82) is 0 Å². The highest BCUT2D eigenvalue weighted by atomic mass is 35.5. The van der Waals surface area contributed by atoms with E-state index < -0.39 is 5.38 Å². The Balaban J connectivity index is 4.02. The molecule has 0 saturated carbocycles. The second-order valence-corrected chi connectivity index (χ2v) is 3.48. The summed E-state index contributed by atoms with van der Waals surface area (Å²) in [5, 5.41) is -0.408. The highest BCUT2D eigenvalue weighted by molar-refractivity contribution is 6.30. The molecule has 0 spiro atoms. The van der Waals surface area contributed by atoms with E-state index >= 15 is 0 Å². The fraction of sp³-hybridized carbons (Fsp3) is 0.875. The zero-order chi connectivity index (χ0) is 9.02. The number of amides is 1. The Labute approximate surface area is 73.5 Å². The average molecular weight is 178 g/mol. The Hall–Kier alpha value is -0.240. The van der Waals surface area contributed by atoms with Crippen molar-refractivity contribution in [3.05, 3.63) is 0 Å². The molecule has 0 fully saturated rings. The van der Waals surface area contributed by atoms with Crippen LogP contribution >= 0.6 is 11.6 Å². The lowest BCUT2D eigenvalue weighted by Gasteiger charge is -2.24. The molecule has 0 aromatic heterocycles. The van der Waals surface area contributed by atoms with E-state index in [1.165, 1.54) is 0 Å². The van der Waals surface area contributed by atoms with Gasteiger partial charge in [-0.2, -0.15) is 0 Å². The number of carbonyl (C=O) groups is 1. The molecule has 3 heteroatoms. The largest absolute Gasteiger partial charge is 0.342 e. The predicted molar refractivity (Wildman–Crippen MR) is 47.8 cm³/mol. The van der Waals surface area contributed by atoms with Gasteiger partial charge < -0.3 is 4.90 Å². The number of hydrogen-bond acceptors (Lipinski definition) is 1. The van der Waals surface area contributed by atoms with Gasteiger partial charge in [-0.1, -0.05) is 6.92 Å². The first-order chi connectivity index (χ1) is 5.00. The topological polar surface area (TPSA) is 20.3 Å². The monoisotopic (exact) mass is 177 g/mol. The summed E-state index contributed by atoms with van der Waals surface area (Å²) in [7, 11) is 1.79. The van der Waals surface area contributed by atoms with Crippen molar-refractivity contribution in [2.24, 2.45) is 0 Å². The molecule has 0 aliphatic heterocycles. The quantitative estimate of drug-likeness (QED) is 0.603. The van der Waals surface area contributed by atoms with Gasteiger partial charge in [0.05, 0.1) is 0 Å². The van der Waals surface area contributed by atoms with Crippen LogP contribution in [-0.2, 0) is 4.79 Å². The Bertz CT molecular complexity index is 136. The van der Waals surface area contributed by atoms with Gasteiger partial charge in [-0.3, -0.25) is 4.79 Å². The van der Waals surface area contributed by atoms with Gasteiger partial charge in [0.15, 0.2) is 0 Å². The third-order valence-electron chi connectivity index (χ3n) is 1.94. The van der Waals surface area contributed by atoms with Crippen LogP contribution in [0.3, 0.4) is 0 Å². The van der Waals surface area contributed by atoms with Crippen molar-refractivity contribution < 1.29 is 4.79 Å². The minimum atomic E-state index is -0.408. The van der Waals surface area contributed by atoms with Gasteiger partial charge in [-0.25, -0.2) is 0 Å². The third kappa shape index (κ3) is 3.10. The molecule has 0 aliphatic rings. The molecule has 66 valence electrons. The molecule has 0 heterocycles. The van der Waals surface area contributed by atoms with Crippen molar-refractivity contribution in [3.8, 4) is 0 Å². The molecule has 0 rings (SSSR count). The highest BCUT2D eigenvalue weighted by Crippen LogP contribution is 2.05. The van der Waals surface area contributed by atoms with Crippen molar-refractivity contribution >= 4 is 17.5 Å². The molecule has 0 radical (unpaired) electrons. The van der Waals surface area contributed by atoms with Gasteiger partial charge in [0.25, 0.3) is 0 Å². The van der Waals surface area contributed by atoms with E-state index in [1.807, 2.05) is 13.8 Å². The fourth-order valence-corrected chi connectivity index (χ4v) is 0.926. The summed E-state index contributed by atoms with van der Waals surface area (Å²) in [5.74, 6) is 0.000941. The number of alkyl halides is 1. The van der Waals surface area contributed by atoms with Crippen molar-refractivity contribution in [3.63, 3.8) is 0 Å². The summed E-state index contributed by atoms with van der Waals surface area (Å²) >= 11 is 5.63. The Morgan fingerprint density at radius 2 is 2.00 bits per heavy atom. The summed E-state index contributed by atoms with van der Waals surface area (Å²) in [6.07, 6.45) is 0.964. The standard InChI is InChI=1S/C8H16ClNO/c1-5-6(2)10(4)8(11)7(3)9/h6-7H,5H2,1-4H3. The second kappa shape index (κ2) is 4.60. The van der Waals surface area contributed by atoms with E-state index in [9.17, 15) is 4.79 Å². The van der Waals surface area contributed by atoms with Gasteiger partial charge in [-0.15, -0.1) is 11.6 Å². The average Bonchev–Trinajstić information content (AvgIpc) is 2.00. The van der Waals surface area contributed by atoms with Crippen LogP contribution in [0.15, 0.2) is 0 Å². The number of hydrogen-bond donors (Lipinski definition) is 0. The van der Waals surface area contributed by atoms with Crippen molar-refractivity contribution in [2.45, 2.75) is 38.6 Å². The van der Waals surface area contributed by atoms with Crippen LogP contribution in [-0.4, -0.2) is 29.3 Å². The molecule has 0 aromatic rings. The summed E-state index contributed by atoms with van der Waals surface area (Å²) < 4.78 is 0. The molecule has 11 heavy (non-hydrogen) atoms. The van der Waals surface area contributed by atoms with E-state index in [0.29, 0.717) is 0 Å². The lowest BCUT2D eigenvalue weighted by molar-refractivity contribution is -0.131. The Morgan fingerprint density at radius 1 is 1.55 bits per heavy atom. The second-order valence-electron chi connectivity index (χ2n) is 2.82. The fourth-order valence-electron chi connectivity index (χ4n) is 0.772. The number of nitrogens with zero attached hydrogens (tertiary/aromatic N) is 1. The van der Waals surface area contributed by atoms with Crippen LogP contribution in [0, 0.1) is 0 Å². The number of rotatable bonds is 3. The first-order valence-corrected chi connectivity index (χ1v) is 4.35. The highest BCUT2D eigenvalue weighted by Gasteiger charge is 2.17. The van der Waals surface area contributed by atoms with Gasteiger partial charge in [0.2, 0.25) is 5.91 Å². The van der Waals surface area contributed by atoms with Crippen LogP contribution in [0.1, 0.15) is 27.2 Å². The molecule has 2 unspecified atom stereocenters. The van der Waals surface area contributed by atoms with Gasteiger partial charge >= 0.3 is 0 Å². The molecule has 2 atom stereocenters. The minimum Gasteiger partial charge on any atom is -0.342 e. The zero-order valence-electron chi connectivity index (χ0n) is 7.60. The minimum absolute atomic E-state index is 0.000941. The smallest absolute Gasteiger partial charge is 0.240 e. The first-order valence-electron chi connectivity index (χ1n) is 3.91. The maximum Gasteiger partial charge on any atom is 0.240 e. The van der Waals surface area contributed by atoms with E-state index in [1.54, 1.807) is 18.9 Å². The molecule has 0 aromatic carbocycles. The van der Waals surface area contributed by atoms with Crippen molar-refractivity contribution in [1.82, 2.24) is 4.90 Å². The maximum absolute atomic E-state index is 11.2.